The number of hydrogen-bond donors (Lipinski definition) is 2. The Hall–Kier alpha value is -3.65. The maximum absolute atomic E-state index is 13.9. The molecule has 2 N–H and O–H groups in total. The normalized spacial score (nSPS) is 36.3. The van der Waals surface area contributed by atoms with Gasteiger partial charge in [0.2, 0.25) is 17.2 Å². The Labute approximate surface area is 228 Å². The number of aldehydes is 1. The predicted octanol–water partition coefficient (Wildman–Crippen LogP) is 2.84. The van der Waals surface area contributed by atoms with Crippen LogP contribution in [0.2, 0.25) is 0 Å². The third-order valence-electron chi connectivity index (χ3n) is 8.41. The van der Waals surface area contributed by atoms with Crippen LogP contribution in [0.4, 0.5) is 0 Å². The van der Waals surface area contributed by atoms with Gasteiger partial charge in [-0.3, -0.25) is 19.2 Å². The fourth-order valence-electron chi connectivity index (χ4n) is 6.24. The number of carbonyl (C=O) groups is 5. The van der Waals surface area contributed by atoms with Crippen molar-refractivity contribution in [1.29, 1.82) is 0 Å². The Bertz CT molecular complexity index is 1230. The molecule has 0 aromatic heterocycles. The summed E-state index contributed by atoms with van der Waals surface area (Å²) in [6.45, 7) is 7.97. The molecule has 1 aliphatic carbocycles. The summed E-state index contributed by atoms with van der Waals surface area (Å²) in [5, 5.41) is 14.4. The number of ether oxygens (including phenoxy) is 1. The lowest BCUT2D eigenvalue weighted by molar-refractivity contribution is -0.183. The first-order chi connectivity index (χ1) is 18.6. The highest BCUT2D eigenvalue weighted by Crippen LogP contribution is 2.52. The van der Waals surface area contributed by atoms with Crippen LogP contribution in [0.15, 0.2) is 66.3 Å². The molecule has 39 heavy (non-hydrogen) atoms. The molecule has 2 aliphatic heterocycles. The first-order valence-corrected chi connectivity index (χ1v) is 13.5. The molecule has 2 unspecified atom stereocenters. The van der Waals surface area contributed by atoms with Gasteiger partial charge in [0.1, 0.15) is 5.57 Å². The Kier molecular flexibility index (Phi) is 8.45. The molecule has 4 rings (SSSR count). The van der Waals surface area contributed by atoms with Gasteiger partial charge < -0.3 is 15.2 Å². The van der Waals surface area contributed by atoms with E-state index in [2.05, 4.69) is 11.9 Å². The quantitative estimate of drug-likeness (QED) is 0.201. The molecular formula is C31H35NO7. The van der Waals surface area contributed by atoms with Gasteiger partial charge in [0.15, 0.2) is 6.29 Å². The minimum absolute atomic E-state index is 0.00116. The third kappa shape index (κ3) is 5.43. The van der Waals surface area contributed by atoms with E-state index in [1.165, 1.54) is 0 Å². The van der Waals surface area contributed by atoms with Gasteiger partial charge >= 0.3 is 5.97 Å². The van der Waals surface area contributed by atoms with Crippen molar-refractivity contribution in [3.8, 4) is 0 Å². The molecule has 8 heteroatoms. The van der Waals surface area contributed by atoms with Crippen molar-refractivity contribution in [2.75, 3.05) is 0 Å². The Morgan fingerprint density at radius 2 is 1.87 bits per heavy atom. The van der Waals surface area contributed by atoms with Gasteiger partial charge in [0.25, 0.3) is 5.91 Å². The van der Waals surface area contributed by atoms with Crippen LogP contribution in [-0.2, 0) is 35.1 Å². The minimum atomic E-state index is -1.87. The number of Topliss-reactive ketones (excluding diaryl/α,β-unsaturated/α-hetero) is 1. The molecule has 7 atom stereocenters. The van der Waals surface area contributed by atoms with Gasteiger partial charge in [-0.1, -0.05) is 62.9 Å². The zero-order chi connectivity index (χ0) is 28.3. The second-order valence-electron chi connectivity index (χ2n) is 11.0. The number of allylic oxidation sites excluding steroid dienone is 2. The molecule has 2 heterocycles. The molecule has 1 aromatic rings. The van der Waals surface area contributed by atoms with E-state index in [4.69, 9.17) is 4.74 Å². The zero-order valence-electron chi connectivity index (χ0n) is 22.3. The average Bonchev–Trinajstić information content (AvgIpc) is 3.18. The smallest absolute Gasteiger partial charge is 0.342 e. The molecule has 1 amide bonds. The van der Waals surface area contributed by atoms with Gasteiger partial charge in [-0.25, -0.2) is 4.79 Å². The van der Waals surface area contributed by atoms with E-state index in [1.807, 2.05) is 50.3 Å². The summed E-state index contributed by atoms with van der Waals surface area (Å²) in [5.41, 5.74) is -1.04. The van der Waals surface area contributed by atoms with Crippen LogP contribution in [0.1, 0.15) is 45.1 Å². The van der Waals surface area contributed by atoms with Crippen molar-refractivity contribution in [3.05, 3.63) is 71.8 Å². The molecule has 1 aromatic carbocycles. The molecule has 8 nitrogen and oxygen atoms in total. The van der Waals surface area contributed by atoms with E-state index in [1.54, 1.807) is 6.08 Å². The van der Waals surface area contributed by atoms with Crippen LogP contribution < -0.4 is 5.32 Å². The number of aliphatic hydroxyl groups excluding tert-OH is 1. The summed E-state index contributed by atoms with van der Waals surface area (Å²) in [7, 11) is 0. The zero-order valence-corrected chi connectivity index (χ0v) is 22.3. The summed E-state index contributed by atoms with van der Waals surface area (Å²) in [4.78, 5) is 64.0. The summed E-state index contributed by atoms with van der Waals surface area (Å²) in [6.07, 6.45) is 5.40. The molecule has 1 saturated heterocycles. The number of benzene rings is 1. The van der Waals surface area contributed by atoms with Crippen LogP contribution in [-0.4, -0.2) is 52.6 Å². The van der Waals surface area contributed by atoms with E-state index in [9.17, 15) is 29.1 Å². The van der Waals surface area contributed by atoms with E-state index in [-0.39, 0.29) is 18.6 Å². The van der Waals surface area contributed by atoms with Gasteiger partial charge in [-0.15, -0.1) is 0 Å². The monoisotopic (exact) mass is 533 g/mol. The highest BCUT2D eigenvalue weighted by Gasteiger charge is 2.68. The number of nitrogens with one attached hydrogen (secondary N) is 1. The summed E-state index contributed by atoms with van der Waals surface area (Å²) >= 11 is 0. The fourth-order valence-corrected chi connectivity index (χ4v) is 6.24. The first kappa shape index (κ1) is 28.4. The number of aliphatic hydroxyl groups is 1. The van der Waals surface area contributed by atoms with Crippen LogP contribution in [0, 0.1) is 23.7 Å². The van der Waals surface area contributed by atoms with Gasteiger partial charge in [-0.05, 0) is 48.7 Å². The van der Waals surface area contributed by atoms with Crippen LogP contribution >= 0.6 is 0 Å². The van der Waals surface area contributed by atoms with Crippen molar-refractivity contribution in [2.24, 2.45) is 23.7 Å². The van der Waals surface area contributed by atoms with Crippen molar-refractivity contribution < 1.29 is 33.8 Å². The molecule has 3 aliphatic rings. The van der Waals surface area contributed by atoms with Crippen molar-refractivity contribution in [3.63, 3.8) is 0 Å². The largest absolute Gasteiger partial charge is 0.444 e. The van der Waals surface area contributed by atoms with E-state index < -0.39 is 64.5 Å². The SMILES string of the molecule is C=C1[C@@H](C)C2[C@H](Cc3ccccc3)NC(=O)[C@@]23OC(=O)/C(C=O)=C\C(=O)C(=O)CCC[C@@H](C)C/C=C\C3[C@@H]1O. The van der Waals surface area contributed by atoms with Crippen LogP contribution in [0.25, 0.3) is 0 Å². The molecule has 0 bridgehead atoms. The lowest BCUT2D eigenvalue weighted by atomic mass is 9.59. The molecule has 206 valence electrons. The average molecular weight is 534 g/mol. The summed E-state index contributed by atoms with van der Waals surface area (Å²) in [5.74, 6) is -5.32. The highest BCUT2D eigenvalue weighted by molar-refractivity contribution is 6.43. The predicted molar refractivity (Wildman–Crippen MR) is 143 cm³/mol. The molecular weight excluding hydrogens is 498 g/mol. The van der Waals surface area contributed by atoms with E-state index >= 15 is 0 Å². The number of hydrogen-bond acceptors (Lipinski definition) is 7. The lowest BCUT2D eigenvalue weighted by Crippen LogP contribution is -2.61. The van der Waals surface area contributed by atoms with Crippen molar-refractivity contribution >= 4 is 29.7 Å². The second-order valence-corrected chi connectivity index (χ2v) is 11.0. The molecule has 1 spiro atoms. The van der Waals surface area contributed by atoms with E-state index in [0.29, 0.717) is 37.3 Å². The van der Waals surface area contributed by atoms with Crippen molar-refractivity contribution in [2.45, 2.75) is 63.7 Å². The maximum Gasteiger partial charge on any atom is 0.342 e. The number of amides is 1. The fraction of sp³-hybridized carbons (Fsp3) is 0.452. The molecule has 0 radical (unpaired) electrons. The number of carbonyl (C=O) groups excluding carboxylic acids is 5. The van der Waals surface area contributed by atoms with Gasteiger partial charge in [0, 0.05) is 24.5 Å². The second kappa shape index (κ2) is 11.6. The topological polar surface area (TPSA) is 127 Å². The lowest BCUT2D eigenvalue weighted by Gasteiger charge is -2.49. The van der Waals surface area contributed by atoms with Gasteiger partial charge in [0.05, 0.1) is 12.0 Å². The standard InChI is InChI=1S/C31H35NO7/c1-18-9-7-13-23-28(36)20(3)19(2)27-24(15-21-11-5-4-6-12-21)32-30(38)31(23,27)39-29(37)22(17-33)16-26(35)25(34)14-8-10-18/h4-7,11-13,16-19,23-24,27-28,36H,3,8-10,14-15H2,1-2H3,(H,32,38)/b13-7-,22-16-/t18-,19+,23?,24-,27?,28+,31-/m0/s1. The van der Waals surface area contributed by atoms with E-state index in [0.717, 1.165) is 5.56 Å². The van der Waals surface area contributed by atoms with Crippen LogP contribution in [0.3, 0.4) is 0 Å². The Morgan fingerprint density at radius 3 is 2.56 bits per heavy atom. The molecule has 1 saturated carbocycles. The summed E-state index contributed by atoms with van der Waals surface area (Å²) < 4.78 is 5.96. The first-order valence-electron chi connectivity index (χ1n) is 13.5. The van der Waals surface area contributed by atoms with Crippen molar-refractivity contribution in [1.82, 2.24) is 5.32 Å². The van der Waals surface area contributed by atoms with Crippen LogP contribution in [0.5, 0.6) is 0 Å². The van der Waals surface area contributed by atoms with Gasteiger partial charge in [-0.2, -0.15) is 0 Å². The molecule has 2 fully saturated rings. The highest BCUT2D eigenvalue weighted by atomic mass is 16.6. The Balaban J connectivity index is 1.84. The Morgan fingerprint density at radius 1 is 1.15 bits per heavy atom. The minimum Gasteiger partial charge on any atom is -0.444 e. The number of ketones is 2. The number of esters is 1. The summed E-state index contributed by atoms with van der Waals surface area (Å²) in [6, 6.07) is 9.09. The third-order valence-corrected chi connectivity index (χ3v) is 8.41. The maximum atomic E-state index is 13.9. The number of rotatable bonds is 3.